The van der Waals surface area contributed by atoms with Crippen LogP contribution >= 0.6 is 11.9 Å². The largest absolute Gasteiger partial charge is 0.491 e. The van der Waals surface area contributed by atoms with E-state index in [2.05, 4.69) is 35.2 Å². The molecule has 0 spiro atoms. The molecular weight excluding hydrogens is 346 g/mol. The Labute approximate surface area is 157 Å². The summed E-state index contributed by atoms with van der Waals surface area (Å²) in [7, 11) is 0. The van der Waals surface area contributed by atoms with Crippen LogP contribution in [0.5, 0.6) is 5.75 Å². The summed E-state index contributed by atoms with van der Waals surface area (Å²) < 4.78 is 7.92. The number of carbonyl (C=O) groups is 1. The monoisotopic (exact) mass is 369 g/mol. The number of fused-ring (bicyclic) bond motifs is 1. The molecule has 4 nitrogen and oxygen atoms in total. The number of aliphatic carboxylic acids is 1. The van der Waals surface area contributed by atoms with Crippen molar-refractivity contribution in [1.82, 2.24) is 3.97 Å². The van der Waals surface area contributed by atoms with Crippen molar-refractivity contribution < 1.29 is 14.6 Å². The highest BCUT2D eigenvalue weighted by molar-refractivity contribution is 7.98. The van der Waals surface area contributed by atoms with Gasteiger partial charge in [-0.3, -0.25) is 8.77 Å². The fourth-order valence-corrected chi connectivity index (χ4v) is 3.74. The highest BCUT2D eigenvalue weighted by atomic mass is 32.2. The van der Waals surface area contributed by atoms with Crippen molar-refractivity contribution in [3.05, 3.63) is 59.8 Å². The first-order chi connectivity index (χ1) is 12.4. The SMILES string of the molecule is Cc1ccc(Sn2cc(CCC(=O)O)c3cc(OC(C)C)ccc32)cc1. The van der Waals surface area contributed by atoms with Gasteiger partial charge in [0.25, 0.3) is 0 Å². The van der Waals surface area contributed by atoms with Crippen LogP contribution in [-0.4, -0.2) is 21.2 Å². The highest BCUT2D eigenvalue weighted by Gasteiger charge is 2.13. The third-order valence-electron chi connectivity index (χ3n) is 4.03. The number of carboxylic acids is 1. The van der Waals surface area contributed by atoms with Crippen LogP contribution in [0.25, 0.3) is 10.9 Å². The Kier molecular flexibility index (Phi) is 5.57. The van der Waals surface area contributed by atoms with Crippen LogP contribution in [0.1, 0.15) is 31.4 Å². The van der Waals surface area contributed by atoms with Gasteiger partial charge in [0.2, 0.25) is 0 Å². The van der Waals surface area contributed by atoms with Gasteiger partial charge in [-0.1, -0.05) is 17.7 Å². The van der Waals surface area contributed by atoms with Crippen LogP contribution < -0.4 is 4.74 Å². The van der Waals surface area contributed by atoms with Crippen LogP contribution in [0.2, 0.25) is 0 Å². The van der Waals surface area contributed by atoms with Gasteiger partial charge in [-0.15, -0.1) is 0 Å². The zero-order chi connectivity index (χ0) is 18.7. The second-order valence-electron chi connectivity index (χ2n) is 6.62. The maximum atomic E-state index is 11.0. The molecule has 1 heterocycles. The number of aromatic nitrogens is 1. The summed E-state index contributed by atoms with van der Waals surface area (Å²) in [5.74, 6) is 0.0221. The molecule has 0 aliphatic rings. The van der Waals surface area contributed by atoms with Crippen molar-refractivity contribution in [3.8, 4) is 5.75 Å². The molecule has 2 aromatic carbocycles. The molecule has 0 amide bonds. The second-order valence-corrected chi connectivity index (χ2v) is 7.67. The quantitative estimate of drug-likeness (QED) is 0.613. The lowest BCUT2D eigenvalue weighted by atomic mass is 10.1. The topological polar surface area (TPSA) is 51.5 Å². The summed E-state index contributed by atoms with van der Waals surface area (Å²) in [5, 5.41) is 10.1. The molecular formula is C21H23NO3S. The standard InChI is InChI=1S/C21H23NO3S/c1-14(2)25-17-7-10-20-19(12-17)16(6-11-21(23)24)13-22(20)26-18-8-4-15(3)5-9-18/h4-5,7-10,12-14H,6,11H2,1-3H3,(H,23,24). The van der Waals surface area contributed by atoms with Gasteiger partial charge in [0, 0.05) is 22.9 Å². The van der Waals surface area contributed by atoms with E-state index < -0.39 is 5.97 Å². The van der Waals surface area contributed by atoms with E-state index in [9.17, 15) is 4.79 Å². The van der Waals surface area contributed by atoms with Crippen molar-refractivity contribution >= 4 is 28.8 Å². The van der Waals surface area contributed by atoms with Gasteiger partial charge in [-0.2, -0.15) is 0 Å². The molecule has 0 saturated heterocycles. The lowest BCUT2D eigenvalue weighted by Crippen LogP contribution is -2.05. The number of nitrogens with zero attached hydrogens (tertiary/aromatic N) is 1. The molecule has 1 aromatic heterocycles. The van der Waals surface area contributed by atoms with Crippen molar-refractivity contribution in [1.29, 1.82) is 0 Å². The summed E-state index contributed by atoms with van der Waals surface area (Å²) >= 11 is 1.63. The van der Waals surface area contributed by atoms with E-state index in [0.717, 1.165) is 27.1 Å². The maximum absolute atomic E-state index is 11.0. The minimum absolute atomic E-state index is 0.0962. The molecule has 0 atom stereocenters. The van der Waals surface area contributed by atoms with Gasteiger partial charge in [0.1, 0.15) is 5.75 Å². The van der Waals surface area contributed by atoms with Crippen molar-refractivity contribution in [2.45, 2.75) is 44.6 Å². The smallest absolute Gasteiger partial charge is 0.303 e. The zero-order valence-electron chi connectivity index (χ0n) is 15.2. The minimum atomic E-state index is -0.785. The lowest BCUT2D eigenvalue weighted by molar-refractivity contribution is -0.136. The first-order valence-corrected chi connectivity index (χ1v) is 9.47. The lowest BCUT2D eigenvalue weighted by Gasteiger charge is -2.10. The maximum Gasteiger partial charge on any atom is 0.303 e. The first-order valence-electron chi connectivity index (χ1n) is 8.70. The van der Waals surface area contributed by atoms with Crippen molar-refractivity contribution in [2.24, 2.45) is 0 Å². The summed E-state index contributed by atoms with van der Waals surface area (Å²) in [6, 6.07) is 14.4. The number of carboxylic acid groups (broad SMARTS) is 1. The van der Waals surface area contributed by atoms with Crippen LogP contribution in [0.4, 0.5) is 0 Å². The Morgan fingerprint density at radius 3 is 2.58 bits per heavy atom. The summed E-state index contributed by atoms with van der Waals surface area (Å²) in [6.07, 6.45) is 2.75. The van der Waals surface area contributed by atoms with Gasteiger partial charge >= 0.3 is 5.97 Å². The molecule has 0 saturated carbocycles. The normalized spacial score (nSPS) is 11.2. The van der Waals surface area contributed by atoms with Gasteiger partial charge in [-0.05, 0) is 75.0 Å². The van der Waals surface area contributed by atoms with Crippen LogP contribution in [0, 0.1) is 6.92 Å². The van der Waals surface area contributed by atoms with E-state index in [4.69, 9.17) is 9.84 Å². The number of rotatable bonds is 7. The molecule has 0 fully saturated rings. The van der Waals surface area contributed by atoms with Crippen LogP contribution in [0.3, 0.4) is 0 Å². The van der Waals surface area contributed by atoms with E-state index in [1.165, 1.54) is 5.56 Å². The van der Waals surface area contributed by atoms with E-state index in [0.29, 0.717) is 6.42 Å². The average Bonchev–Trinajstić information content (AvgIpc) is 2.91. The molecule has 0 aliphatic heterocycles. The fourth-order valence-electron chi connectivity index (χ4n) is 2.82. The first kappa shape index (κ1) is 18.4. The molecule has 0 aliphatic carbocycles. The zero-order valence-corrected chi connectivity index (χ0v) is 16.0. The molecule has 26 heavy (non-hydrogen) atoms. The van der Waals surface area contributed by atoms with E-state index in [-0.39, 0.29) is 12.5 Å². The number of hydrogen-bond donors (Lipinski definition) is 1. The molecule has 136 valence electrons. The minimum Gasteiger partial charge on any atom is -0.491 e. The van der Waals surface area contributed by atoms with E-state index in [1.807, 2.05) is 38.2 Å². The predicted molar refractivity (Wildman–Crippen MR) is 106 cm³/mol. The number of ether oxygens (including phenoxy) is 1. The third-order valence-corrected chi connectivity index (χ3v) is 5.01. The summed E-state index contributed by atoms with van der Waals surface area (Å²) in [5.41, 5.74) is 3.31. The van der Waals surface area contributed by atoms with Crippen LogP contribution in [-0.2, 0) is 11.2 Å². The molecule has 3 aromatic rings. The van der Waals surface area contributed by atoms with Gasteiger partial charge in [-0.25, -0.2) is 0 Å². The second kappa shape index (κ2) is 7.87. The molecule has 3 rings (SSSR count). The Hall–Kier alpha value is -2.40. The molecule has 0 bridgehead atoms. The summed E-state index contributed by atoms with van der Waals surface area (Å²) in [4.78, 5) is 12.2. The van der Waals surface area contributed by atoms with Crippen LogP contribution in [0.15, 0.2) is 53.6 Å². The van der Waals surface area contributed by atoms with E-state index >= 15 is 0 Å². The number of hydrogen-bond acceptors (Lipinski definition) is 3. The average molecular weight is 369 g/mol. The third kappa shape index (κ3) is 4.41. The Balaban J connectivity index is 1.98. The Morgan fingerprint density at radius 1 is 1.19 bits per heavy atom. The fraction of sp³-hybridized carbons (Fsp3) is 0.286. The molecule has 1 N–H and O–H groups in total. The molecule has 5 heteroatoms. The van der Waals surface area contributed by atoms with Gasteiger partial charge in [0.15, 0.2) is 0 Å². The van der Waals surface area contributed by atoms with E-state index in [1.54, 1.807) is 11.9 Å². The Bertz CT molecular complexity index is 913. The Morgan fingerprint density at radius 2 is 1.92 bits per heavy atom. The van der Waals surface area contributed by atoms with Gasteiger partial charge in [0.05, 0.1) is 11.6 Å². The number of benzene rings is 2. The molecule has 0 unspecified atom stereocenters. The highest BCUT2D eigenvalue weighted by Crippen LogP contribution is 2.33. The van der Waals surface area contributed by atoms with Crippen molar-refractivity contribution in [2.75, 3.05) is 0 Å². The number of aryl methyl sites for hydroxylation is 2. The van der Waals surface area contributed by atoms with Gasteiger partial charge < -0.3 is 9.84 Å². The summed E-state index contributed by atoms with van der Waals surface area (Å²) in [6.45, 7) is 6.06. The molecule has 0 radical (unpaired) electrons. The van der Waals surface area contributed by atoms with Crippen molar-refractivity contribution in [3.63, 3.8) is 0 Å². The predicted octanol–water partition coefficient (Wildman–Crippen LogP) is 5.31.